The van der Waals surface area contributed by atoms with Crippen molar-refractivity contribution in [3.63, 3.8) is 0 Å². The number of hydrogen-bond acceptors (Lipinski definition) is 6. The van der Waals surface area contributed by atoms with Gasteiger partial charge >= 0.3 is 0 Å². The van der Waals surface area contributed by atoms with Gasteiger partial charge in [0.15, 0.2) is 0 Å². The number of benzene rings is 1. The van der Waals surface area contributed by atoms with Crippen molar-refractivity contribution in [1.82, 2.24) is 35.1 Å². The summed E-state index contributed by atoms with van der Waals surface area (Å²) in [6.07, 6.45) is 2.80. The number of rotatable bonds is 5. The summed E-state index contributed by atoms with van der Waals surface area (Å²) in [6, 6.07) is 10.4. The lowest BCUT2D eigenvalue weighted by atomic mass is 10.1. The highest BCUT2D eigenvalue weighted by Gasteiger charge is 2.23. The molecule has 0 radical (unpaired) electrons. The van der Waals surface area contributed by atoms with E-state index in [4.69, 9.17) is 0 Å². The molecule has 3 aromatic rings. The van der Waals surface area contributed by atoms with Crippen LogP contribution in [-0.4, -0.2) is 53.4 Å². The maximum Gasteiger partial charge on any atom is 0.214 e. The molecule has 1 aliphatic rings. The molecule has 24 heavy (non-hydrogen) atoms. The number of nitrogens with zero attached hydrogens (tertiary/aromatic N) is 6. The zero-order chi connectivity index (χ0) is 16.4. The molecule has 0 saturated heterocycles. The summed E-state index contributed by atoms with van der Waals surface area (Å²) in [5, 5.41) is 12.9. The molecule has 124 valence electrons. The van der Waals surface area contributed by atoms with Crippen LogP contribution in [0.3, 0.4) is 0 Å². The zero-order valence-corrected chi connectivity index (χ0v) is 14.3. The minimum atomic E-state index is 0.437. The van der Waals surface area contributed by atoms with E-state index in [1.807, 2.05) is 30.3 Å². The van der Waals surface area contributed by atoms with Gasteiger partial charge in [0.05, 0.1) is 23.4 Å². The Morgan fingerprint density at radius 2 is 2.17 bits per heavy atom. The van der Waals surface area contributed by atoms with Crippen LogP contribution in [0.15, 0.2) is 41.8 Å². The quantitative estimate of drug-likeness (QED) is 0.715. The molecule has 1 atom stereocenters. The van der Waals surface area contributed by atoms with Crippen molar-refractivity contribution in [3.05, 3.63) is 48.0 Å². The molecule has 3 heterocycles. The maximum absolute atomic E-state index is 4.37. The second-order valence-electron chi connectivity index (χ2n) is 5.92. The van der Waals surface area contributed by atoms with Crippen LogP contribution in [-0.2, 0) is 13.0 Å². The molecule has 4 rings (SSSR count). The second-order valence-corrected chi connectivity index (χ2v) is 6.90. The number of aromatic nitrogens is 6. The number of H-pyrrole nitrogens is 1. The third-order valence-corrected chi connectivity index (χ3v) is 5.49. The Hall–Kier alpha value is -2.19. The molecule has 7 nitrogen and oxygen atoms in total. The fourth-order valence-corrected chi connectivity index (χ4v) is 3.87. The van der Waals surface area contributed by atoms with Crippen LogP contribution in [0.25, 0.3) is 5.69 Å². The van der Waals surface area contributed by atoms with Crippen molar-refractivity contribution in [3.8, 4) is 5.69 Å². The molecule has 0 aliphatic carbocycles. The summed E-state index contributed by atoms with van der Waals surface area (Å²) in [7, 11) is 0. The van der Waals surface area contributed by atoms with Crippen molar-refractivity contribution in [2.24, 2.45) is 0 Å². The lowest BCUT2D eigenvalue weighted by Crippen LogP contribution is -2.39. The predicted molar refractivity (Wildman–Crippen MR) is 92.0 cm³/mol. The number of thioether (sulfide) groups is 1. The van der Waals surface area contributed by atoms with E-state index in [1.165, 1.54) is 11.4 Å². The SMILES string of the molecule is C[C@H](CSc1nnnn1-c1ccccc1)N1CCc2nc[nH]c2C1. The Balaban J connectivity index is 1.40. The summed E-state index contributed by atoms with van der Waals surface area (Å²) >= 11 is 1.69. The Kier molecular flexibility index (Phi) is 4.31. The first-order valence-corrected chi connectivity index (χ1v) is 9.01. The number of nitrogens with one attached hydrogen (secondary N) is 1. The van der Waals surface area contributed by atoms with E-state index in [0.717, 1.165) is 36.1 Å². The lowest BCUT2D eigenvalue weighted by Gasteiger charge is -2.31. The molecule has 8 heteroatoms. The topological polar surface area (TPSA) is 75.5 Å². The molecule has 0 amide bonds. The standard InChI is InChI=1S/C16H19N7S/c1-12(22-8-7-14-15(9-22)18-11-17-14)10-24-16-19-20-21-23(16)13-5-3-2-4-6-13/h2-6,11-12H,7-10H2,1H3,(H,17,18)/t12-/m1/s1. The number of aromatic amines is 1. The Bertz CT molecular complexity index is 798. The molecule has 2 aromatic heterocycles. The van der Waals surface area contributed by atoms with Crippen molar-refractivity contribution in [2.75, 3.05) is 12.3 Å². The van der Waals surface area contributed by atoms with Crippen LogP contribution in [0, 0.1) is 0 Å². The monoisotopic (exact) mass is 341 g/mol. The first-order valence-electron chi connectivity index (χ1n) is 8.03. The van der Waals surface area contributed by atoms with E-state index >= 15 is 0 Å². The third-order valence-electron chi connectivity index (χ3n) is 4.32. The predicted octanol–water partition coefficient (Wildman–Crippen LogP) is 1.92. The number of fused-ring (bicyclic) bond motifs is 1. The van der Waals surface area contributed by atoms with E-state index in [1.54, 1.807) is 22.8 Å². The molecular weight excluding hydrogens is 322 g/mol. The fourth-order valence-electron chi connectivity index (χ4n) is 2.91. The molecule has 1 N–H and O–H groups in total. The summed E-state index contributed by atoms with van der Waals surface area (Å²) in [6.45, 7) is 4.23. The molecule has 0 spiro atoms. The van der Waals surface area contributed by atoms with Gasteiger partial charge in [-0.2, -0.15) is 4.68 Å². The van der Waals surface area contributed by atoms with E-state index in [-0.39, 0.29) is 0 Å². The van der Waals surface area contributed by atoms with Gasteiger partial charge in [0.1, 0.15) is 0 Å². The van der Waals surface area contributed by atoms with Crippen molar-refractivity contribution in [2.45, 2.75) is 31.1 Å². The highest BCUT2D eigenvalue weighted by molar-refractivity contribution is 7.99. The number of imidazole rings is 1. The fraction of sp³-hybridized carbons (Fsp3) is 0.375. The largest absolute Gasteiger partial charge is 0.347 e. The van der Waals surface area contributed by atoms with Gasteiger partial charge in [0.25, 0.3) is 0 Å². The summed E-state index contributed by atoms with van der Waals surface area (Å²) in [5.74, 6) is 0.941. The van der Waals surface area contributed by atoms with Crippen molar-refractivity contribution in [1.29, 1.82) is 0 Å². The normalized spacial score (nSPS) is 16.0. The van der Waals surface area contributed by atoms with Crippen LogP contribution >= 0.6 is 11.8 Å². The van der Waals surface area contributed by atoms with Gasteiger partial charge in [0.2, 0.25) is 5.16 Å². The summed E-state index contributed by atoms with van der Waals surface area (Å²) in [4.78, 5) is 10.1. The molecule has 0 unspecified atom stereocenters. The average molecular weight is 341 g/mol. The molecule has 1 aliphatic heterocycles. The smallest absolute Gasteiger partial charge is 0.214 e. The van der Waals surface area contributed by atoms with E-state index in [9.17, 15) is 0 Å². The Morgan fingerprint density at radius 3 is 3.04 bits per heavy atom. The van der Waals surface area contributed by atoms with Gasteiger partial charge < -0.3 is 4.98 Å². The van der Waals surface area contributed by atoms with Crippen molar-refractivity contribution < 1.29 is 0 Å². The van der Waals surface area contributed by atoms with Crippen LogP contribution in [0.1, 0.15) is 18.3 Å². The molecule has 1 aromatic carbocycles. The third kappa shape index (κ3) is 3.07. The number of para-hydroxylation sites is 1. The van der Waals surface area contributed by atoms with Gasteiger partial charge in [-0.05, 0) is 29.5 Å². The summed E-state index contributed by atoms with van der Waals surface area (Å²) in [5.41, 5.74) is 3.43. The van der Waals surface area contributed by atoms with Crippen LogP contribution in [0.4, 0.5) is 0 Å². The number of tetrazole rings is 1. The van der Waals surface area contributed by atoms with Crippen LogP contribution in [0.5, 0.6) is 0 Å². The van der Waals surface area contributed by atoms with Gasteiger partial charge in [-0.25, -0.2) is 4.98 Å². The first kappa shape index (κ1) is 15.3. The Labute approximate surface area is 144 Å². The molecule has 0 fully saturated rings. The van der Waals surface area contributed by atoms with Gasteiger partial charge in [-0.3, -0.25) is 4.90 Å². The first-order chi connectivity index (χ1) is 11.8. The van der Waals surface area contributed by atoms with Gasteiger partial charge in [-0.15, -0.1) is 5.10 Å². The maximum atomic E-state index is 4.37. The molecule has 0 bridgehead atoms. The van der Waals surface area contributed by atoms with E-state index < -0.39 is 0 Å². The van der Waals surface area contributed by atoms with E-state index in [2.05, 4.69) is 37.3 Å². The van der Waals surface area contributed by atoms with Gasteiger partial charge in [-0.1, -0.05) is 30.0 Å². The minimum absolute atomic E-state index is 0.437. The highest BCUT2D eigenvalue weighted by atomic mass is 32.2. The average Bonchev–Trinajstić information content (AvgIpc) is 3.28. The van der Waals surface area contributed by atoms with Crippen molar-refractivity contribution >= 4 is 11.8 Å². The highest BCUT2D eigenvalue weighted by Crippen LogP contribution is 2.23. The number of hydrogen-bond donors (Lipinski definition) is 1. The summed E-state index contributed by atoms with van der Waals surface area (Å²) < 4.78 is 1.79. The van der Waals surface area contributed by atoms with Crippen LogP contribution in [0.2, 0.25) is 0 Å². The molecule has 0 saturated carbocycles. The zero-order valence-electron chi connectivity index (χ0n) is 13.5. The second kappa shape index (κ2) is 6.74. The molecular formula is C16H19N7S. The Morgan fingerprint density at radius 1 is 1.29 bits per heavy atom. The minimum Gasteiger partial charge on any atom is -0.347 e. The lowest BCUT2D eigenvalue weighted by molar-refractivity contribution is 0.203. The van der Waals surface area contributed by atoms with Gasteiger partial charge in [0, 0.05) is 31.3 Å². The van der Waals surface area contributed by atoms with E-state index in [0.29, 0.717) is 6.04 Å². The van der Waals surface area contributed by atoms with Crippen LogP contribution < -0.4 is 0 Å².